The SMILES string of the molecule is C=CCNC(=O)COC1CNC1. The van der Waals surface area contributed by atoms with Crippen LogP contribution in [0.5, 0.6) is 0 Å². The first-order chi connectivity index (χ1) is 5.83. The predicted molar refractivity (Wildman–Crippen MR) is 45.8 cm³/mol. The molecule has 0 atom stereocenters. The largest absolute Gasteiger partial charge is 0.366 e. The zero-order valence-electron chi connectivity index (χ0n) is 7.01. The summed E-state index contributed by atoms with van der Waals surface area (Å²) in [5.74, 6) is -0.0817. The molecule has 1 aliphatic rings. The molecule has 2 N–H and O–H groups in total. The summed E-state index contributed by atoms with van der Waals surface area (Å²) in [6.07, 6.45) is 1.86. The van der Waals surface area contributed by atoms with Crippen LogP contribution in [-0.4, -0.2) is 38.3 Å². The third kappa shape index (κ3) is 3.02. The van der Waals surface area contributed by atoms with Crippen molar-refractivity contribution in [2.45, 2.75) is 6.10 Å². The second-order valence-corrected chi connectivity index (χ2v) is 2.68. The summed E-state index contributed by atoms with van der Waals surface area (Å²) in [5.41, 5.74) is 0. The van der Waals surface area contributed by atoms with Gasteiger partial charge >= 0.3 is 0 Å². The van der Waals surface area contributed by atoms with E-state index in [0.717, 1.165) is 13.1 Å². The molecule has 4 heteroatoms. The zero-order chi connectivity index (χ0) is 8.81. The maximum absolute atomic E-state index is 10.9. The van der Waals surface area contributed by atoms with Gasteiger partial charge in [0.1, 0.15) is 6.61 Å². The lowest BCUT2D eigenvalue weighted by Crippen LogP contribution is -2.49. The highest BCUT2D eigenvalue weighted by Crippen LogP contribution is 1.96. The van der Waals surface area contributed by atoms with Gasteiger partial charge in [0, 0.05) is 19.6 Å². The number of nitrogens with one attached hydrogen (secondary N) is 2. The van der Waals surface area contributed by atoms with Gasteiger partial charge in [-0.15, -0.1) is 6.58 Å². The van der Waals surface area contributed by atoms with Crippen LogP contribution in [0.1, 0.15) is 0 Å². The molecule has 68 valence electrons. The fraction of sp³-hybridized carbons (Fsp3) is 0.625. The van der Waals surface area contributed by atoms with Crippen molar-refractivity contribution >= 4 is 5.91 Å². The molecule has 0 unspecified atom stereocenters. The molecule has 4 nitrogen and oxygen atoms in total. The Morgan fingerprint density at radius 3 is 3.00 bits per heavy atom. The van der Waals surface area contributed by atoms with E-state index in [1.807, 2.05) is 0 Å². The third-order valence-corrected chi connectivity index (χ3v) is 1.64. The molecule has 0 aromatic heterocycles. The molecule has 0 aliphatic carbocycles. The number of rotatable bonds is 5. The van der Waals surface area contributed by atoms with Gasteiger partial charge in [-0.05, 0) is 0 Å². The van der Waals surface area contributed by atoms with Gasteiger partial charge in [-0.2, -0.15) is 0 Å². The molecule has 1 rings (SSSR count). The van der Waals surface area contributed by atoms with Crippen LogP contribution in [0.15, 0.2) is 12.7 Å². The Morgan fingerprint density at radius 1 is 1.75 bits per heavy atom. The minimum Gasteiger partial charge on any atom is -0.366 e. The number of hydrogen-bond acceptors (Lipinski definition) is 3. The van der Waals surface area contributed by atoms with Gasteiger partial charge in [0.15, 0.2) is 0 Å². The molecule has 0 aromatic rings. The van der Waals surface area contributed by atoms with Crippen molar-refractivity contribution in [3.8, 4) is 0 Å². The Hall–Kier alpha value is -0.870. The summed E-state index contributed by atoms with van der Waals surface area (Å²) in [7, 11) is 0. The highest BCUT2D eigenvalue weighted by Gasteiger charge is 2.17. The van der Waals surface area contributed by atoms with Crippen LogP contribution in [0.4, 0.5) is 0 Å². The number of amides is 1. The van der Waals surface area contributed by atoms with E-state index >= 15 is 0 Å². The van der Waals surface area contributed by atoms with Crippen molar-refractivity contribution in [3.63, 3.8) is 0 Å². The smallest absolute Gasteiger partial charge is 0.246 e. The summed E-state index contributed by atoms with van der Waals surface area (Å²) in [4.78, 5) is 10.9. The maximum atomic E-state index is 10.9. The Morgan fingerprint density at radius 2 is 2.50 bits per heavy atom. The molecule has 1 amide bonds. The second-order valence-electron chi connectivity index (χ2n) is 2.68. The van der Waals surface area contributed by atoms with Crippen LogP contribution in [0.25, 0.3) is 0 Å². The number of ether oxygens (including phenoxy) is 1. The number of carbonyl (C=O) groups is 1. The first kappa shape index (κ1) is 9.22. The molecule has 1 fully saturated rings. The minimum absolute atomic E-state index is 0.0817. The van der Waals surface area contributed by atoms with E-state index in [4.69, 9.17) is 4.74 Å². The van der Waals surface area contributed by atoms with Gasteiger partial charge in [0.25, 0.3) is 0 Å². The van der Waals surface area contributed by atoms with Crippen LogP contribution < -0.4 is 10.6 Å². The molecule has 0 bridgehead atoms. The Bertz CT molecular complexity index is 166. The molecule has 1 heterocycles. The van der Waals surface area contributed by atoms with E-state index in [0.29, 0.717) is 6.54 Å². The normalized spacial score (nSPS) is 16.7. The molecular weight excluding hydrogens is 156 g/mol. The van der Waals surface area contributed by atoms with Crippen molar-refractivity contribution in [3.05, 3.63) is 12.7 Å². The summed E-state index contributed by atoms with van der Waals surface area (Å²) in [6, 6.07) is 0. The van der Waals surface area contributed by atoms with Crippen molar-refractivity contribution in [2.24, 2.45) is 0 Å². The summed E-state index contributed by atoms with van der Waals surface area (Å²) >= 11 is 0. The summed E-state index contributed by atoms with van der Waals surface area (Å²) < 4.78 is 5.23. The number of hydrogen-bond donors (Lipinski definition) is 2. The van der Waals surface area contributed by atoms with Gasteiger partial charge in [0.2, 0.25) is 5.91 Å². The minimum atomic E-state index is -0.0817. The molecule has 0 saturated carbocycles. The second kappa shape index (κ2) is 4.90. The third-order valence-electron chi connectivity index (χ3n) is 1.64. The lowest BCUT2D eigenvalue weighted by Gasteiger charge is -2.26. The van der Waals surface area contributed by atoms with E-state index in [1.54, 1.807) is 6.08 Å². The molecule has 12 heavy (non-hydrogen) atoms. The van der Waals surface area contributed by atoms with Crippen LogP contribution in [0, 0.1) is 0 Å². The zero-order valence-corrected chi connectivity index (χ0v) is 7.01. The quantitative estimate of drug-likeness (QED) is 0.535. The topological polar surface area (TPSA) is 50.4 Å². The van der Waals surface area contributed by atoms with E-state index in [-0.39, 0.29) is 18.6 Å². The van der Waals surface area contributed by atoms with Gasteiger partial charge in [-0.3, -0.25) is 4.79 Å². The number of carbonyl (C=O) groups excluding carboxylic acids is 1. The van der Waals surface area contributed by atoms with Gasteiger partial charge < -0.3 is 15.4 Å². The monoisotopic (exact) mass is 170 g/mol. The van der Waals surface area contributed by atoms with Crippen molar-refractivity contribution in [2.75, 3.05) is 26.2 Å². The van der Waals surface area contributed by atoms with E-state index < -0.39 is 0 Å². The average Bonchev–Trinajstić information content (AvgIpc) is 1.98. The fourth-order valence-corrected chi connectivity index (χ4v) is 0.811. The highest BCUT2D eigenvalue weighted by molar-refractivity contribution is 5.77. The molecule has 1 saturated heterocycles. The van der Waals surface area contributed by atoms with Crippen molar-refractivity contribution < 1.29 is 9.53 Å². The molecule has 1 aliphatic heterocycles. The Kier molecular flexibility index (Phi) is 3.76. The van der Waals surface area contributed by atoms with E-state index in [1.165, 1.54) is 0 Å². The molecule has 0 spiro atoms. The molecular formula is C8H14N2O2. The summed E-state index contributed by atoms with van der Waals surface area (Å²) in [6.45, 7) is 5.86. The molecule has 0 radical (unpaired) electrons. The predicted octanol–water partition coefficient (Wildman–Crippen LogP) is -0.723. The first-order valence-electron chi connectivity index (χ1n) is 4.03. The summed E-state index contributed by atoms with van der Waals surface area (Å²) in [5, 5.41) is 5.69. The van der Waals surface area contributed by atoms with Crippen LogP contribution >= 0.6 is 0 Å². The van der Waals surface area contributed by atoms with Gasteiger partial charge in [0.05, 0.1) is 6.10 Å². The lowest BCUT2D eigenvalue weighted by atomic mass is 10.2. The van der Waals surface area contributed by atoms with Crippen molar-refractivity contribution in [1.82, 2.24) is 10.6 Å². The lowest BCUT2D eigenvalue weighted by molar-refractivity contribution is -0.128. The standard InChI is InChI=1S/C8H14N2O2/c1-2-3-10-8(11)6-12-7-4-9-5-7/h2,7,9H,1,3-6H2,(H,10,11). The highest BCUT2D eigenvalue weighted by atomic mass is 16.5. The van der Waals surface area contributed by atoms with E-state index in [9.17, 15) is 4.79 Å². The van der Waals surface area contributed by atoms with Crippen LogP contribution in [-0.2, 0) is 9.53 Å². The first-order valence-corrected chi connectivity index (χ1v) is 4.03. The van der Waals surface area contributed by atoms with E-state index in [2.05, 4.69) is 17.2 Å². The van der Waals surface area contributed by atoms with Crippen LogP contribution in [0.3, 0.4) is 0 Å². The maximum Gasteiger partial charge on any atom is 0.246 e. The van der Waals surface area contributed by atoms with Gasteiger partial charge in [-0.1, -0.05) is 6.08 Å². The Balaban J connectivity index is 1.97. The average molecular weight is 170 g/mol. The molecule has 0 aromatic carbocycles. The van der Waals surface area contributed by atoms with Crippen LogP contribution in [0.2, 0.25) is 0 Å². The Labute approximate surface area is 72.0 Å². The van der Waals surface area contributed by atoms with Gasteiger partial charge in [-0.25, -0.2) is 0 Å². The fourth-order valence-electron chi connectivity index (χ4n) is 0.811. The van der Waals surface area contributed by atoms with Crippen molar-refractivity contribution in [1.29, 1.82) is 0 Å².